The fourth-order valence-corrected chi connectivity index (χ4v) is 2.64. The van der Waals surface area contributed by atoms with Crippen molar-refractivity contribution < 1.29 is 9.53 Å². The minimum Gasteiger partial charge on any atom is -0.494 e. The topological polar surface area (TPSA) is 38.3 Å². The van der Waals surface area contributed by atoms with Crippen LogP contribution in [0.3, 0.4) is 0 Å². The van der Waals surface area contributed by atoms with E-state index in [1.54, 1.807) is 14.2 Å². The van der Waals surface area contributed by atoms with Crippen molar-refractivity contribution in [2.24, 2.45) is 0 Å². The Bertz CT molecular complexity index is 335. The molecule has 0 saturated heterocycles. The highest BCUT2D eigenvalue weighted by molar-refractivity contribution is 9.10. The maximum Gasteiger partial charge on any atom is 0.264 e. The van der Waals surface area contributed by atoms with Crippen LogP contribution < -0.4 is 10.1 Å². The summed E-state index contributed by atoms with van der Waals surface area (Å²) in [6.45, 7) is 1.93. The van der Waals surface area contributed by atoms with Crippen LogP contribution in [0.5, 0.6) is 5.75 Å². The zero-order chi connectivity index (χ0) is 10.0. The Labute approximate surface area is 89.2 Å². The standard InChI is InChI=1S/C8H10BrNO2S/c1-4-5(9)6(12-3)7(13-4)8(11)10-2/h1-3H3,(H,10,11). The first-order valence-electron chi connectivity index (χ1n) is 3.66. The average Bonchev–Trinajstić information content (AvgIpc) is 2.42. The normalized spacial score (nSPS) is 9.85. The van der Waals surface area contributed by atoms with E-state index in [0.717, 1.165) is 9.35 Å². The van der Waals surface area contributed by atoms with Crippen molar-refractivity contribution in [3.8, 4) is 5.75 Å². The fourth-order valence-electron chi connectivity index (χ4n) is 0.949. The molecule has 0 fully saturated rings. The summed E-state index contributed by atoms with van der Waals surface area (Å²) >= 11 is 4.78. The predicted octanol–water partition coefficient (Wildman–Crippen LogP) is 2.19. The molecule has 0 aliphatic heterocycles. The Morgan fingerprint density at radius 1 is 1.62 bits per heavy atom. The maximum atomic E-state index is 11.4. The molecule has 0 bridgehead atoms. The van der Waals surface area contributed by atoms with Gasteiger partial charge in [-0.1, -0.05) is 0 Å². The van der Waals surface area contributed by atoms with Crippen LogP contribution in [0.2, 0.25) is 0 Å². The van der Waals surface area contributed by atoms with Gasteiger partial charge in [-0.15, -0.1) is 11.3 Å². The highest BCUT2D eigenvalue weighted by Crippen LogP contribution is 2.38. The van der Waals surface area contributed by atoms with Gasteiger partial charge in [0.15, 0.2) is 5.75 Å². The molecular weight excluding hydrogens is 254 g/mol. The van der Waals surface area contributed by atoms with E-state index in [4.69, 9.17) is 4.74 Å². The van der Waals surface area contributed by atoms with E-state index in [9.17, 15) is 4.79 Å². The number of carbonyl (C=O) groups is 1. The average molecular weight is 264 g/mol. The Morgan fingerprint density at radius 2 is 2.23 bits per heavy atom. The molecule has 0 atom stereocenters. The Kier molecular flexibility index (Phi) is 3.33. The number of rotatable bonds is 2. The van der Waals surface area contributed by atoms with Gasteiger partial charge < -0.3 is 10.1 Å². The molecule has 0 aliphatic carbocycles. The van der Waals surface area contributed by atoms with Gasteiger partial charge in [0.25, 0.3) is 5.91 Å². The Balaban J connectivity index is 3.21. The molecule has 3 nitrogen and oxygen atoms in total. The number of ether oxygens (including phenoxy) is 1. The second-order valence-electron chi connectivity index (χ2n) is 2.41. The first-order valence-corrected chi connectivity index (χ1v) is 5.27. The van der Waals surface area contributed by atoms with Crippen LogP contribution in [0.15, 0.2) is 4.47 Å². The number of carbonyl (C=O) groups excluding carboxylic acids is 1. The third kappa shape index (κ3) is 1.86. The van der Waals surface area contributed by atoms with Gasteiger partial charge in [-0.2, -0.15) is 0 Å². The summed E-state index contributed by atoms with van der Waals surface area (Å²) in [5.41, 5.74) is 0. The summed E-state index contributed by atoms with van der Waals surface area (Å²) in [4.78, 5) is 13.0. The molecule has 1 N–H and O–H groups in total. The number of hydrogen-bond acceptors (Lipinski definition) is 3. The molecule has 1 rings (SSSR count). The van der Waals surface area contributed by atoms with E-state index >= 15 is 0 Å². The van der Waals surface area contributed by atoms with Gasteiger partial charge in [0.2, 0.25) is 0 Å². The molecule has 0 saturated carbocycles. The lowest BCUT2D eigenvalue weighted by Gasteiger charge is -2.00. The van der Waals surface area contributed by atoms with Crippen molar-refractivity contribution >= 4 is 33.2 Å². The zero-order valence-electron chi connectivity index (χ0n) is 7.60. The number of halogens is 1. The van der Waals surface area contributed by atoms with E-state index < -0.39 is 0 Å². The lowest BCUT2D eigenvalue weighted by Crippen LogP contribution is -2.16. The van der Waals surface area contributed by atoms with Crippen molar-refractivity contribution in [2.75, 3.05) is 14.2 Å². The van der Waals surface area contributed by atoms with E-state index in [1.807, 2.05) is 6.92 Å². The number of amides is 1. The number of nitrogens with one attached hydrogen (secondary N) is 1. The summed E-state index contributed by atoms with van der Waals surface area (Å²) in [5.74, 6) is 0.498. The SMILES string of the molecule is CNC(=O)c1sc(C)c(Br)c1OC. The molecule has 1 aromatic heterocycles. The zero-order valence-corrected chi connectivity index (χ0v) is 10.0. The van der Waals surface area contributed by atoms with Crippen LogP contribution in [0, 0.1) is 6.92 Å². The van der Waals surface area contributed by atoms with Crippen LogP contribution in [-0.4, -0.2) is 20.1 Å². The minimum absolute atomic E-state index is 0.115. The minimum atomic E-state index is -0.115. The Morgan fingerprint density at radius 3 is 2.69 bits per heavy atom. The van der Waals surface area contributed by atoms with Gasteiger partial charge in [0.05, 0.1) is 11.6 Å². The maximum absolute atomic E-state index is 11.4. The molecule has 0 spiro atoms. The van der Waals surface area contributed by atoms with Crippen LogP contribution in [0.1, 0.15) is 14.5 Å². The first kappa shape index (κ1) is 10.5. The quantitative estimate of drug-likeness (QED) is 0.889. The Hall–Kier alpha value is -0.550. The lowest BCUT2D eigenvalue weighted by atomic mass is 10.4. The van der Waals surface area contributed by atoms with Gasteiger partial charge in [-0.3, -0.25) is 4.79 Å². The summed E-state index contributed by atoms with van der Waals surface area (Å²) in [5, 5.41) is 2.57. The summed E-state index contributed by atoms with van der Waals surface area (Å²) in [6, 6.07) is 0. The van der Waals surface area contributed by atoms with Crippen molar-refractivity contribution in [3.63, 3.8) is 0 Å². The van der Waals surface area contributed by atoms with Crippen molar-refractivity contribution in [1.29, 1.82) is 0 Å². The fraction of sp³-hybridized carbons (Fsp3) is 0.375. The molecule has 13 heavy (non-hydrogen) atoms. The summed E-state index contributed by atoms with van der Waals surface area (Å²) in [7, 11) is 3.16. The molecule has 0 aliphatic rings. The number of methoxy groups -OCH3 is 1. The van der Waals surface area contributed by atoms with Gasteiger partial charge in [-0.05, 0) is 22.9 Å². The van der Waals surface area contributed by atoms with E-state index in [-0.39, 0.29) is 5.91 Å². The molecule has 72 valence electrons. The van der Waals surface area contributed by atoms with Gasteiger partial charge in [0, 0.05) is 11.9 Å². The highest BCUT2D eigenvalue weighted by Gasteiger charge is 2.19. The first-order chi connectivity index (χ1) is 6.11. The number of hydrogen-bond donors (Lipinski definition) is 1. The molecule has 0 aromatic carbocycles. The van der Waals surface area contributed by atoms with Crippen molar-refractivity contribution in [3.05, 3.63) is 14.2 Å². The van der Waals surface area contributed by atoms with Crippen LogP contribution in [-0.2, 0) is 0 Å². The number of thiophene rings is 1. The highest BCUT2D eigenvalue weighted by atomic mass is 79.9. The van der Waals surface area contributed by atoms with Crippen LogP contribution >= 0.6 is 27.3 Å². The molecule has 5 heteroatoms. The second kappa shape index (κ2) is 4.11. The molecule has 1 amide bonds. The van der Waals surface area contributed by atoms with E-state index in [0.29, 0.717) is 10.6 Å². The van der Waals surface area contributed by atoms with Gasteiger partial charge in [-0.25, -0.2) is 0 Å². The second-order valence-corrected chi connectivity index (χ2v) is 4.43. The molecule has 0 unspecified atom stereocenters. The monoisotopic (exact) mass is 263 g/mol. The summed E-state index contributed by atoms with van der Waals surface area (Å²) in [6.07, 6.45) is 0. The van der Waals surface area contributed by atoms with Crippen LogP contribution in [0.4, 0.5) is 0 Å². The van der Waals surface area contributed by atoms with Gasteiger partial charge >= 0.3 is 0 Å². The third-order valence-corrected chi connectivity index (χ3v) is 3.91. The molecular formula is C8H10BrNO2S. The lowest BCUT2D eigenvalue weighted by molar-refractivity contribution is 0.0964. The molecule has 1 heterocycles. The van der Waals surface area contributed by atoms with E-state index in [1.165, 1.54) is 11.3 Å². The predicted molar refractivity (Wildman–Crippen MR) is 56.7 cm³/mol. The number of aryl methyl sites for hydroxylation is 1. The third-order valence-electron chi connectivity index (χ3n) is 1.61. The van der Waals surface area contributed by atoms with Gasteiger partial charge in [0.1, 0.15) is 4.88 Å². The molecule has 1 aromatic rings. The summed E-state index contributed by atoms with van der Waals surface area (Å²) < 4.78 is 5.98. The molecule has 0 radical (unpaired) electrons. The smallest absolute Gasteiger partial charge is 0.264 e. The van der Waals surface area contributed by atoms with Crippen molar-refractivity contribution in [2.45, 2.75) is 6.92 Å². The largest absolute Gasteiger partial charge is 0.494 e. The van der Waals surface area contributed by atoms with E-state index in [2.05, 4.69) is 21.2 Å². The van der Waals surface area contributed by atoms with Crippen LogP contribution in [0.25, 0.3) is 0 Å². The van der Waals surface area contributed by atoms with Crippen molar-refractivity contribution in [1.82, 2.24) is 5.32 Å².